The zero-order chi connectivity index (χ0) is 32.8. The number of hydrogen-bond acceptors (Lipinski definition) is 2. The van der Waals surface area contributed by atoms with Crippen molar-refractivity contribution in [3.05, 3.63) is 200 Å². The summed E-state index contributed by atoms with van der Waals surface area (Å²) in [4.78, 5) is 8.92. The predicted molar refractivity (Wildman–Crippen MR) is 209 cm³/mol. The molecule has 4 heteroatoms. The average Bonchev–Trinajstić information content (AvgIpc) is 3.58. The van der Waals surface area contributed by atoms with E-state index >= 15 is 0 Å². The van der Waals surface area contributed by atoms with Crippen molar-refractivity contribution < 1.29 is 24.7 Å². The Hall–Kier alpha value is -5.80. The quantitative estimate of drug-likeness (QED) is 0.128. The Kier molecular flexibility index (Phi) is 11.2. The Bertz CT molecular complexity index is 2410. The molecule has 0 saturated carbocycles. The van der Waals surface area contributed by atoms with Crippen LogP contribution in [0.15, 0.2) is 188 Å². The molecule has 3 aromatic heterocycles. The number of fused-ring (bicyclic) bond motifs is 7. The molecule has 6 aromatic carbocycles. The first-order valence-corrected chi connectivity index (χ1v) is 16.5. The van der Waals surface area contributed by atoms with E-state index in [1.165, 1.54) is 54.7 Å². The minimum absolute atomic E-state index is 0. The fourth-order valence-electron chi connectivity index (χ4n) is 6.58. The largest absolute Gasteiger partial charge is 0.304 e. The normalized spacial score (nSPS) is 10.7. The molecule has 9 aromatic rings. The van der Waals surface area contributed by atoms with Crippen LogP contribution in [0.4, 0.5) is 0 Å². The van der Waals surface area contributed by atoms with Gasteiger partial charge in [-0.05, 0) is 51.5 Å². The van der Waals surface area contributed by atoms with Crippen LogP contribution in [0.3, 0.4) is 0 Å². The summed E-state index contributed by atoms with van der Waals surface area (Å²) >= 11 is 0. The van der Waals surface area contributed by atoms with Gasteiger partial charge in [-0.15, -0.1) is 35.9 Å². The van der Waals surface area contributed by atoms with Crippen molar-refractivity contribution in [2.45, 2.75) is 14.0 Å². The minimum atomic E-state index is 0. The van der Waals surface area contributed by atoms with Gasteiger partial charge in [0.1, 0.15) is 0 Å². The van der Waals surface area contributed by atoms with Gasteiger partial charge in [0.2, 0.25) is 5.69 Å². The standard InChI is InChI=1S/C16H12N.C15H11N.C15H10N.CH4.Ir/c1-3-7-14-12(5-1)9-10-17-11-13-6-2-4-8-15(13)16(14)17;2*1-2-7-13(8-3-1)15-14-9-5-4-6-12(14)10-11-16-15;;/h1-10H,11H2;1-11H;1-7,9-11H;1H4;/q+1;;-1;;. The van der Waals surface area contributed by atoms with Crippen molar-refractivity contribution in [3.8, 4) is 33.8 Å². The molecular weight excluding hydrogens is 799 g/mol. The fraction of sp³-hybridized carbons (Fsp3) is 0.0426. The Labute approximate surface area is 313 Å². The van der Waals surface area contributed by atoms with Crippen LogP contribution in [0, 0.1) is 6.07 Å². The van der Waals surface area contributed by atoms with Crippen molar-refractivity contribution >= 4 is 32.3 Å². The molecule has 0 bridgehead atoms. The molecule has 249 valence electrons. The summed E-state index contributed by atoms with van der Waals surface area (Å²) in [7, 11) is 0. The van der Waals surface area contributed by atoms with Crippen LogP contribution in [0.2, 0.25) is 0 Å². The second-order valence-electron chi connectivity index (χ2n) is 11.9. The molecule has 10 rings (SSSR count). The van der Waals surface area contributed by atoms with Crippen LogP contribution in [-0.2, 0) is 26.7 Å². The van der Waals surface area contributed by atoms with Crippen LogP contribution in [0.25, 0.3) is 66.1 Å². The Morgan fingerprint density at radius 2 is 1.04 bits per heavy atom. The van der Waals surface area contributed by atoms with Crippen molar-refractivity contribution in [3.63, 3.8) is 0 Å². The molecule has 0 aliphatic carbocycles. The van der Waals surface area contributed by atoms with E-state index in [9.17, 15) is 0 Å². The van der Waals surface area contributed by atoms with Gasteiger partial charge in [0.05, 0.1) is 16.6 Å². The topological polar surface area (TPSA) is 29.7 Å². The van der Waals surface area contributed by atoms with Gasteiger partial charge < -0.3 is 4.98 Å². The fourth-order valence-corrected chi connectivity index (χ4v) is 6.58. The van der Waals surface area contributed by atoms with Gasteiger partial charge in [-0.25, -0.2) is 0 Å². The third-order valence-electron chi connectivity index (χ3n) is 8.91. The van der Waals surface area contributed by atoms with E-state index in [0.717, 1.165) is 23.5 Å². The SMILES string of the molecule is C.[Ir].[c-]1ccccc1-c1nccc2ccccc12.c1ccc(-c2nccc3ccccc23)cc1.c1ccc2c(c1)C[n+]1ccc3ccccc3c1-2. The Balaban J connectivity index is 0.000000129. The third-order valence-corrected chi connectivity index (χ3v) is 8.91. The van der Waals surface area contributed by atoms with E-state index in [2.05, 4.69) is 130 Å². The molecule has 1 aliphatic heterocycles. The second-order valence-corrected chi connectivity index (χ2v) is 11.9. The van der Waals surface area contributed by atoms with Crippen LogP contribution >= 0.6 is 0 Å². The summed E-state index contributed by atoms with van der Waals surface area (Å²) < 4.78 is 2.34. The smallest absolute Gasteiger partial charge is 0.221 e. The molecule has 0 amide bonds. The molecule has 0 unspecified atom stereocenters. The van der Waals surface area contributed by atoms with Crippen molar-refractivity contribution in [1.82, 2.24) is 9.97 Å². The van der Waals surface area contributed by atoms with E-state index in [1.54, 1.807) is 0 Å². The summed E-state index contributed by atoms with van der Waals surface area (Å²) in [5.74, 6) is 0. The monoisotopic (exact) mass is 836 g/mol. The van der Waals surface area contributed by atoms with E-state index in [4.69, 9.17) is 0 Å². The van der Waals surface area contributed by atoms with Gasteiger partial charge in [-0.1, -0.05) is 123 Å². The maximum atomic E-state index is 4.48. The average molecular weight is 836 g/mol. The van der Waals surface area contributed by atoms with E-state index in [1.807, 2.05) is 79.1 Å². The predicted octanol–water partition coefficient (Wildman–Crippen LogP) is 11.4. The Morgan fingerprint density at radius 3 is 1.73 bits per heavy atom. The molecule has 0 spiro atoms. The molecule has 4 heterocycles. The third kappa shape index (κ3) is 7.39. The van der Waals surface area contributed by atoms with Gasteiger partial charge in [0.25, 0.3) is 0 Å². The number of benzene rings is 6. The first-order valence-electron chi connectivity index (χ1n) is 16.5. The molecule has 1 aliphatic rings. The molecule has 3 nitrogen and oxygen atoms in total. The number of nitrogens with zero attached hydrogens (tertiary/aromatic N) is 3. The van der Waals surface area contributed by atoms with Crippen molar-refractivity contribution in [2.75, 3.05) is 0 Å². The van der Waals surface area contributed by atoms with E-state index in [0.29, 0.717) is 0 Å². The first kappa shape index (κ1) is 35.0. The summed E-state index contributed by atoms with van der Waals surface area (Å²) in [6.45, 7) is 0.996. The van der Waals surface area contributed by atoms with Crippen LogP contribution < -0.4 is 4.57 Å². The van der Waals surface area contributed by atoms with Gasteiger partial charge in [0.15, 0.2) is 12.7 Å². The molecule has 0 fully saturated rings. The number of rotatable bonds is 2. The minimum Gasteiger partial charge on any atom is -0.304 e. The van der Waals surface area contributed by atoms with Crippen molar-refractivity contribution in [1.29, 1.82) is 0 Å². The van der Waals surface area contributed by atoms with E-state index in [-0.39, 0.29) is 27.5 Å². The number of aromatic nitrogens is 3. The molecule has 1 radical (unpaired) electrons. The van der Waals surface area contributed by atoms with Gasteiger partial charge in [-0.3, -0.25) is 4.98 Å². The number of pyridine rings is 3. The summed E-state index contributed by atoms with van der Waals surface area (Å²) in [6, 6.07) is 61.6. The zero-order valence-corrected chi connectivity index (χ0v) is 29.7. The number of hydrogen-bond donors (Lipinski definition) is 0. The van der Waals surface area contributed by atoms with Crippen LogP contribution in [0.1, 0.15) is 13.0 Å². The van der Waals surface area contributed by atoms with Crippen molar-refractivity contribution in [2.24, 2.45) is 0 Å². The van der Waals surface area contributed by atoms with Gasteiger partial charge >= 0.3 is 0 Å². The Morgan fingerprint density at radius 1 is 0.490 bits per heavy atom. The molecule has 0 N–H and O–H groups in total. The first-order chi connectivity index (χ1) is 24.3. The zero-order valence-electron chi connectivity index (χ0n) is 27.3. The second kappa shape index (κ2) is 16.3. The summed E-state index contributed by atoms with van der Waals surface area (Å²) in [6.07, 6.45) is 5.90. The van der Waals surface area contributed by atoms with Crippen LogP contribution in [0.5, 0.6) is 0 Å². The summed E-state index contributed by atoms with van der Waals surface area (Å²) in [5.41, 5.74) is 8.42. The maximum absolute atomic E-state index is 4.48. The van der Waals surface area contributed by atoms with E-state index < -0.39 is 0 Å². The van der Waals surface area contributed by atoms with Gasteiger partial charge in [0, 0.05) is 55.1 Å². The molecule has 0 saturated heterocycles. The van der Waals surface area contributed by atoms with Crippen LogP contribution in [-0.4, -0.2) is 9.97 Å². The van der Waals surface area contributed by atoms with Gasteiger partial charge in [-0.2, -0.15) is 4.57 Å². The molecular formula is C47H37IrN3. The molecule has 0 atom stereocenters. The summed E-state index contributed by atoms with van der Waals surface area (Å²) in [5, 5.41) is 7.49. The molecule has 51 heavy (non-hydrogen) atoms. The maximum Gasteiger partial charge on any atom is 0.221 e.